The van der Waals surface area contributed by atoms with Crippen molar-refractivity contribution in [3.05, 3.63) is 34.3 Å². The predicted octanol–water partition coefficient (Wildman–Crippen LogP) is 3.51. The summed E-state index contributed by atoms with van der Waals surface area (Å²) in [5, 5.41) is 0. The Balaban J connectivity index is 2.84. The molecular formula is C12H15BrO2. The highest BCUT2D eigenvalue weighted by atomic mass is 79.9. The molecule has 1 rings (SSSR count). The first-order valence-corrected chi connectivity index (χ1v) is 5.82. The molecule has 0 fully saturated rings. The van der Waals surface area contributed by atoms with Crippen LogP contribution in [-0.2, 0) is 9.53 Å². The summed E-state index contributed by atoms with van der Waals surface area (Å²) in [6.45, 7) is 4.19. The summed E-state index contributed by atoms with van der Waals surface area (Å²) in [5.41, 5.74) is 0.908. The molecule has 1 unspecified atom stereocenters. The third-order valence-corrected chi connectivity index (χ3v) is 2.50. The summed E-state index contributed by atoms with van der Waals surface area (Å²) in [5.74, 6) is 0.0431. The first-order chi connectivity index (χ1) is 7.15. The molecule has 0 aliphatic rings. The van der Waals surface area contributed by atoms with E-state index in [0.29, 0.717) is 6.61 Å². The van der Waals surface area contributed by atoms with E-state index in [0.717, 1.165) is 16.5 Å². The fourth-order valence-corrected chi connectivity index (χ4v) is 1.77. The minimum atomic E-state index is -0.428. The summed E-state index contributed by atoms with van der Waals surface area (Å²) in [7, 11) is 0. The lowest BCUT2D eigenvalue weighted by Gasteiger charge is -2.15. The van der Waals surface area contributed by atoms with Crippen LogP contribution in [0.25, 0.3) is 0 Å². The van der Waals surface area contributed by atoms with Crippen LogP contribution in [0.5, 0.6) is 0 Å². The van der Waals surface area contributed by atoms with Crippen LogP contribution in [0.1, 0.15) is 31.9 Å². The van der Waals surface area contributed by atoms with Gasteiger partial charge in [0.2, 0.25) is 0 Å². The van der Waals surface area contributed by atoms with Crippen molar-refractivity contribution in [1.29, 1.82) is 0 Å². The number of Topliss-reactive ketones (excluding diaryl/α,β-unsaturated/α-hetero) is 1. The molecule has 0 saturated heterocycles. The van der Waals surface area contributed by atoms with Gasteiger partial charge in [-0.15, -0.1) is 0 Å². The number of ether oxygens (including phenoxy) is 1. The van der Waals surface area contributed by atoms with E-state index in [1.165, 1.54) is 0 Å². The Morgan fingerprint density at radius 2 is 2.27 bits per heavy atom. The molecule has 1 aromatic rings. The van der Waals surface area contributed by atoms with E-state index in [2.05, 4.69) is 15.9 Å². The Hall–Kier alpha value is -0.670. The van der Waals surface area contributed by atoms with Crippen molar-refractivity contribution in [3.63, 3.8) is 0 Å². The van der Waals surface area contributed by atoms with Crippen molar-refractivity contribution in [3.8, 4) is 0 Å². The van der Waals surface area contributed by atoms with E-state index in [1.54, 1.807) is 6.92 Å². The minimum absolute atomic E-state index is 0.0431. The molecule has 0 heterocycles. The van der Waals surface area contributed by atoms with Crippen molar-refractivity contribution >= 4 is 21.7 Å². The van der Waals surface area contributed by atoms with Gasteiger partial charge in [-0.1, -0.05) is 35.0 Å². The number of rotatable bonds is 5. The van der Waals surface area contributed by atoms with Crippen molar-refractivity contribution in [1.82, 2.24) is 0 Å². The highest BCUT2D eigenvalue weighted by Crippen LogP contribution is 2.22. The number of carbonyl (C=O) groups is 1. The maximum Gasteiger partial charge on any atom is 0.163 e. The number of halogens is 1. The predicted molar refractivity (Wildman–Crippen MR) is 63.8 cm³/mol. The molecule has 15 heavy (non-hydrogen) atoms. The second-order valence-corrected chi connectivity index (χ2v) is 4.33. The molecular weight excluding hydrogens is 256 g/mol. The number of hydrogen-bond donors (Lipinski definition) is 0. The molecule has 0 N–H and O–H groups in total. The zero-order valence-electron chi connectivity index (χ0n) is 9.00. The minimum Gasteiger partial charge on any atom is -0.366 e. The molecule has 0 radical (unpaired) electrons. The van der Waals surface area contributed by atoms with E-state index in [4.69, 9.17) is 4.74 Å². The summed E-state index contributed by atoms with van der Waals surface area (Å²) in [6.07, 6.45) is 0.486. The summed E-state index contributed by atoms with van der Waals surface area (Å²) in [4.78, 5) is 11.4. The zero-order valence-corrected chi connectivity index (χ0v) is 10.6. The smallest absolute Gasteiger partial charge is 0.163 e. The molecule has 0 saturated carbocycles. The first-order valence-electron chi connectivity index (χ1n) is 5.02. The largest absolute Gasteiger partial charge is 0.366 e. The van der Waals surface area contributed by atoms with Crippen LogP contribution < -0.4 is 0 Å². The number of carbonyl (C=O) groups excluding carboxylic acids is 1. The Bertz CT molecular complexity index is 336. The lowest BCUT2D eigenvalue weighted by Crippen LogP contribution is -2.13. The van der Waals surface area contributed by atoms with E-state index >= 15 is 0 Å². The standard InChI is InChI=1S/C12H15BrO2/c1-3-7-15-12(9(2)14)10-5-4-6-11(13)8-10/h4-6,8,12H,3,7H2,1-2H3. The fraction of sp³-hybridized carbons (Fsp3) is 0.417. The van der Waals surface area contributed by atoms with E-state index < -0.39 is 6.10 Å². The highest BCUT2D eigenvalue weighted by molar-refractivity contribution is 9.10. The van der Waals surface area contributed by atoms with Gasteiger partial charge < -0.3 is 4.74 Å². The molecule has 0 aliphatic heterocycles. The van der Waals surface area contributed by atoms with Crippen LogP contribution in [-0.4, -0.2) is 12.4 Å². The summed E-state index contributed by atoms with van der Waals surface area (Å²) < 4.78 is 6.49. The van der Waals surface area contributed by atoms with Crippen molar-refractivity contribution in [2.75, 3.05) is 6.61 Å². The van der Waals surface area contributed by atoms with E-state index in [9.17, 15) is 4.79 Å². The average Bonchev–Trinajstić information content (AvgIpc) is 2.18. The van der Waals surface area contributed by atoms with Gasteiger partial charge in [0.05, 0.1) is 0 Å². The lowest BCUT2D eigenvalue weighted by molar-refractivity contribution is -0.128. The van der Waals surface area contributed by atoms with Crippen molar-refractivity contribution < 1.29 is 9.53 Å². The normalized spacial score (nSPS) is 12.5. The van der Waals surface area contributed by atoms with Crippen molar-refractivity contribution in [2.24, 2.45) is 0 Å². The highest BCUT2D eigenvalue weighted by Gasteiger charge is 2.16. The van der Waals surface area contributed by atoms with Gasteiger partial charge in [-0.05, 0) is 31.0 Å². The molecule has 3 heteroatoms. The molecule has 0 bridgehead atoms. The maximum atomic E-state index is 11.4. The Kier molecular flexibility index (Phi) is 4.99. The van der Waals surface area contributed by atoms with Gasteiger partial charge in [0, 0.05) is 11.1 Å². The van der Waals surface area contributed by atoms with Crippen LogP contribution in [0.15, 0.2) is 28.7 Å². The second-order valence-electron chi connectivity index (χ2n) is 3.42. The van der Waals surface area contributed by atoms with Gasteiger partial charge >= 0.3 is 0 Å². The molecule has 2 nitrogen and oxygen atoms in total. The number of benzene rings is 1. The monoisotopic (exact) mass is 270 g/mol. The van der Waals surface area contributed by atoms with Gasteiger partial charge in [-0.2, -0.15) is 0 Å². The SMILES string of the molecule is CCCOC(C(C)=O)c1cccc(Br)c1. The Morgan fingerprint density at radius 1 is 1.53 bits per heavy atom. The number of ketones is 1. The fourth-order valence-electron chi connectivity index (χ4n) is 1.35. The number of hydrogen-bond acceptors (Lipinski definition) is 2. The van der Waals surface area contributed by atoms with E-state index in [-0.39, 0.29) is 5.78 Å². The van der Waals surface area contributed by atoms with Gasteiger partial charge in [0.1, 0.15) is 6.10 Å². The first kappa shape index (κ1) is 12.4. The molecule has 0 spiro atoms. The van der Waals surface area contributed by atoms with Gasteiger partial charge in [0.15, 0.2) is 5.78 Å². The average molecular weight is 271 g/mol. The topological polar surface area (TPSA) is 26.3 Å². The Morgan fingerprint density at radius 3 is 2.80 bits per heavy atom. The molecule has 0 aliphatic carbocycles. The van der Waals surface area contributed by atoms with Crippen LogP contribution in [0.2, 0.25) is 0 Å². The quantitative estimate of drug-likeness (QED) is 0.819. The lowest BCUT2D eigenvalue weighted by atomic mass is 10.1. The van der Waals surface area contributed by atoms with E-state index in [1.807, 2.05) is 31.2 Å². The molecule has 1 aromatic carbocycles. The van der Waals surface area contributed by atoms with Crippen molar-refractivity contribution in [2.45, 2.75) is 26.4 Å². The van der Waals surface area contributed by atoms with Gasteiger partial charge in [-0.3, -0.25) is 4.79 Å². The molecule has 82 valence electrons. The van der Waals surface area contributed by atoms with Gasteiger partial charge in [-0.25, -0.2) is 0 Å². The third kappa shape index (κ3) is 3.76. The molecule has 0 aromatic heterocycles. The molecule has 1 atom stereocenters. The van der Waals surface area contributed by atoms with Crippen LogP contribution in [0.3, 0.4) is 0 Å². The third-order valence-electron chi connectivity index (χ3n) is 2.01. The zero-order chi connectivity index (χ0) is 11.3. The summed E-state index contributed by atoms with van der Waals surface area (Å²) >= 11 is 3.38. The Labute approximate surface area is 98.8 Å². The van der Waals surface area contributed by atoms with Gasteiger partial charge in [0.25, 0.3) is 0 Å². The summed E-state index contributed by atoms with van der Waals surface area (Å²) in [6, 6.07) is 7.67. The maximum absolute atomic E-state index is 11.4. The van der Waals surface area contributed by atoms with Crippen LogP contribution in [0, 0.1) is 0 Å². The van der Waals surface area contributed by atoms with Crippen LogP contribution in [0.4, 0.5) is 0 Å². The molecule has 0 amide bonds. The second kappa shape index (κ2) is 6.03. The van der Waals surface area contributed by atoms with Crippen LogP contribution >= 0.6 is 15.9 Å².